The van der Waals surface area contributed by atoms with E-state index >= 15 is 0 Å². The first-order chi connectivity index (χ1) is 13.3. The molecule has 1 aromatic carbocycles. The fourth-order valence-electron chi connectivity index (χ4n) is 3.90. The predicted octanol–water partition coefficient (Wildman–Crippen LogP) is 2.30. The Morgan fingerprint density at radius 2 is 2.07 bits per heavy atom. The number of aromatic amines is 1. The van der Waals surface area contributed by atoms with E-state index in [-0.39, 0.29) is 17.9 Å². The number of likely N-dealkylation sites (tertiary alicyclic amines) is 1. The van der Waals surface area contributed by atoms with E-state index in [1.54, 1.807) is 11.0 Å². The molecule has 2 N–H and O–H groups in total. The number of halogens is 1. The minimum atomic E-state index is -3.22. The number of nitrogens with zero attached hydrogens (tertiary/aromatic N) is 2. The molecule has 1 aromatic heterocycles. The van der Waals surface area contributed by atoms with Crippen LogP contribution in [0.25, 0.3) is 10.9 Å². The molecule has 2 amide bonds. The summed E-state index contributed by atoms with van der Waals surface area (Å²) in [6.45, 7) is 3.83. The Balaban J connectivity index is 1.48. The van der Waals surface area contributed by atoms with Crippen LogP contribution in [0.5, 0.6) is 0 Å². The lowest BCUT2D eigenvalue weighted by molar-refractivity contribution is 0.159. The van der Waals surface area contributed by atoms with Gasteiger partial charge in [-0.1, -0.05) is 6.92 Å². The molecule has 0 aliphatic carbocycles. The van der Waals surface area contributed by atoms with Crippen LogP contribution in [-0.2, 0) is 16.4 Å². The molecule has 2 heterocycles. The van der Waals surface area contributed by atoms with Gasteiger partial charge in [0.1, 0.15) is 5.82 Å². The van der Waals surface area contributed by atoms with Crippen molar-refractivity contribution in [3.8, 4) is 0 Å². The van der Waals surface area contributed by atoms with Gasteiger partial charge in [0.2, 0.25) is 10.0 Å². The lowest BCUT2D eigenvalue weighted by Crippen LogP contribution is -2.50. The third-order valence-corrected chi connectivity index (χ3v) is 6.70. The smallest absolute Gasteiger partial charge is 0.317 e. The first-order valence-electron chi connectivity index (χ1n) is 9.54. The molecule has 1 saturated heterocycles. The van der Waals surface area contributed by atoms with Crippen LogP contribution in [0.15, 0.2) is 24.4 Å². The summed E-state index contributed by atoms with van der Waals surface area (Å²) in [5, 5.41) is 3.88. The zero-order valence-electron chi connectivity index (χ0n) is 16.2. The number of hydrogen-bond acceptors (Lipinski definition) is 3. The van der Waals surface area contributed by atoms with Crippen molar-refractivity contribution < 1.29 is 17.6 Å². The third kappa shape index (κ3) is 4.64. The molecule has 1 aliphatic rings. The number of carbonyl (C=O) groups is 1. The summed E-state index contributed by atoms with van der Waals surface area (Å²) >= 11 is 0. The third-order valence-electron chi connectivity index (χ3n) is 5.30. The van der Waals surface area contributed by atoms with Crippen molar-refractivity contribution in [3.63, 3.8) is 0 Å². The first kappa shape index (κ1) is 20.6. The molecule has 0 atom stereocenters. The van der Waals surface area contributed by atoms with Crippen LogP contribution in [0.1, 0.15) is 25.3 Å². The number of amides is 2. The molecule has 1 fully saturated rings. The zero-order chi connectivity index (χ0) is 20.3. The van der Waals surface area contributed by atoms with Crippen molar-refractivity contribution in [3.05, 3.63) is 35.8 Å². The molecule has 3 rings (SSSR count). The second-order valence-electron chi connectivity index (χ2n) is 7.17. The summed E-state index contributed by atoms with van der Waals surface area (Å²) in [4.78, 5) is 17.2. The number of rotatable bonds is 6. The Kier molecular flexibility index (Phi) is 6.24. The topological polar surface area (TPSA) is 85.5 Å². The predicted molar refractivity (Wildman–Crippen MR) is 107 cm³/mol. The van der Waals surface area contributed by atoms with Gasteiger partial charge in [-0.15, -0.1) is 0 Å². The second kappa shape index (κ2) is 8.48. The van der Waals surface area contributed by atoms with Gasteiger partial charge < -0.3 is 15.2 Å². The Hall–Kier alpha value is -2.13. The Labute approximate surface area is 164 Å². The van der Waals surface area contributed by atoms with Crippen LogP contribution < -0.4 is 5.32 Å². The van der Waals surface area contributed by atoms with E-state index in [0.29, 0.717) is 45.4 Å². The van der Waals surface area contributed by atoms with Crippen LogP contribution in [0.4, 0.5) is 9.18 Å². The largest absolute Gasteiger partial charge is 0.361 e. The van der Waals surface area contributed by atoms with Crippen LogP contribution in [0.2, 0.25) is 0 Å². The van der Waals surface area contributed by atoms with Crippen molar-refractivity contribution in [2.75, 3.05) is 32.4 Å². The molecule has 9 heteroatoms. The molecule has 1 aliphatic heterocycles. The van der Waals surface area contributed by atoms with E-state index in [1.165, 1.54) is 22.7 Å². The number of nitrogens with one attached hydrogen (secondary N) is 2. The minimum absolute atomic E-state index is 0.0457. The van der Waals surface area contributed by atoms with Crippen LogP contribution in [0.3, 0.4) is 0 Å². The van der Waals surface area contributed by atoms with Gasteiger partial charge in [0.15, 0.2) is 0 Å². The van der Waals surface area contributed by atoms with Crippen LogP contribution >= 0.6 is 0 Å². The van der Waals surface area contributed by atoms with Gasteiger partial charge >= 0.3 is 6.03 Å². The first-order valence-corrected chi connectivity index (χ1v) is 11.4. The Bertz CT molecular complexity index is 936. The van der Waals surface area contributed by atoms with Gasteiger partial charge in [-0.25, -0.2) is 17.6 Å². The average Bonchev–Trinajstić information content (AvgIpc) is 3.03. The fraction of sp³-hybridized carbons (Fsp3) is 0.526. The van der Waals surface area contributed by atoms with Crippen molar-refractivity contribution in [1.82, 2.24) is 19.5 Å². The van der Waals surface area contributed by atoms with E-state index in [2.05, 4.69) is 10.3 Å². The van der Waals surface area contributed by atoms with E-state index in [1.807, 2.05) is 13.1 Å². The van der Waals surface area contributed by atoms with Gasteiger partial charge in [-0.2, -0.15) is 4.31 Å². The van der Waals surface area contributed by atoms with Gasteiger partial charge in [0, 0.05) is 49.3 Å². The summed E-state index contributed by atoms with van der Waals surface area (Å²) in [6, 6.07) is 4.45. The maximum Gasteiger partial charge on any atom is 0.317 e. The highest BCUT2D eigenvalue weighted by atomic mass is 32.2. The van der Waals surface area contributed by atoms with E-state index < -0.39 is 10.0 Å². The SMILES string of the molecule is CCN(C1CCN(C(=O)NCCc2c[nH]c3cc(F)ccc23)CC1)S(C)(=O)=O. The van der Waals surface area contributed by atoms with Crippen molar-refractivity contribution in [1.29, 1.82) is 0 Å². The molecular formula is C19H27FN4O3S. The summed E-state index contributed by atoms with van der Waals surface area (Å²) in [5.74, 6) is -0.282. The summed E-state index contributed by atoms with van der Waals surface area (Å²) in [5.41, 5.74) is 1.77. The molecule has 0 radical (unpaired) electrons. The fourth-order valence-corrected chi connectivity index (χ4v) is 5.12. The van der Waals surface area contributed by atoms with Gasteiger partial charge in [-0.05, 0) is 43.0 Å². The van der Waals surface area contributed by atoms with Gasteiger partial charge in [0.05, 0.1) is 6.26 Å². The summed E-state index contributed by atoms with van der Waals surface area (Å²) in [7, 11) is -3.22. The molecule has 28 heavy (non-hydrogen) atoms. The maximum absolute atomic E-state index is 13.3. The second-order valence-corrected chi connectivity index (χ2v) is 9.11. The number of sulfonamides is 1. The molecular weight excluding hydrogens is 383 g/mol. The van der Waals surface area contributed by atoms with Crippen molar-refractivity contribution in [2.24, 2.45) is 0 Å². The minimum Gasteiger partial charge on any atom is -0.361 e. The van der Waals surface area contributed by atoms with E-state index in [4.69, 9.17) is 0 Å². The van der Waals surface area contributed by atoms with Crippen molar-refractivity contribution in [2.45, 2.75) is 32.2 Å². The Morgan fingerprint density at radius 1 is 1.36 bits per heavy atom. The summed E-state index contributed by atoms with van der Waals surface area (Å²) < 4.78 is 38.5. The number of aromatic nitrogens is 1. The number of carbonyl (C=O) groups excluding carboxylic acids is 1. The lowest BCUT2D eigenvalue weighted by atomic mass is 10.1. The standard InChI is InChI=1S/C19H27FN4O3S/c1-3-24(28(2,26)27)16-7-10-23(11-8-16)19(25)21-9-6-14-13-22-18-12-15(20)4-5-17(14)18/h4-5,12-13,16,22H,3,6-11H2,1-2H3,(H,21,25). The number of H-pyrrole nitrogens is 1. The Morgan fingerprint density at radius 3 is 2.71 bits per heavy atom. The maximum atomic E-state index is 13.3. The highest BCUT2D eigenvalue weighted by Gasteiger charge is 2.30. The number of hydrogen-bond donors (Lipinski definition) is 2. The quantitative estimate of drug-likeness (QED) is 0.766. The number of piperidine rings is 1. The molecule has 0 bridgehead atoms. The number of urea groups is 1. The molecule has 7 nitrogen and oxygen atoms in total. The molecule has 154 valence electrons. The van der Waals surface area contributed by atoms with Gasteiger partial charge in [-0.3, -0.25) is 0 Å². The summed E-state index contributed by atoms with van der Waals surface area (Å²) in [6.07, 6.45) is 5.00. The van der Waals surface area contributed by atoms with Crippen molar-refractivity contribution >= 4 is 27.0 Å². The van der Waals surface area contributed by atoms with E-state index in [0.717, 1.165) is 16.5 Å². The molecule has 0 unspecified atom stereocenters. The molecule has 0 saturated carbocycles. The zero-order valence-corrected chi connectivity index (χ0v) is 17.1. The highest BCUT2D eigenvalue weighted by Crippen LogP contribution is 2.20. The van der Waals surface area contributed by atoms with Gasteiger partial charge in [0.25, 0.3) is 0 Å². The normalized spacial score (nSPS) is 16.1. The molecule has 2 aromatic rings. The number of benzene rings is 1. The molecule has 0 spiro atoms. The number of fused-ring (bicyclic) bond motifs is 1. The van der Waals surface area contributed by atoms with E-state index in [9.17, 15) is 17.6 Å². The van der Waals surface area contributed by atoms with Crippen LogP contribution in [0, 0.1) is 5.82 Å². The highest BCUT2D eigenvalue weighted by molar-refractivity contribution is 7.88. The average molecular weight is 411 g/mol. The lowest BCUT2D eigenvalue weighted by Gasteiger charge is -2.36. The monoisotopic (exact) mass is 410 g/mol. The van der Waals surface area contributed by atoms with Crippen LogP contribution in [-0.4, -0.2) is 67.1 Å².